The van der Waals surface area contributed by atoms with E-state index in [1.807, 2.05) is 0 Å². The number of hydrogen-bond donors (Lipinski definition) is 2. The number of carbonyl (C=O) groups is 3. The molecule has 2 N–H and O–H groups in total. The Labute approximate surface area is 161 Å². The highest BCUT2D eigenvalue weighted by atomic mass is 19.1. The van der Waals surface area contributed by atoms with E-state index in [1.54, 1.807) is 36.4 Å². The molecule has 0 aliphatic heterocycles. The molecule has 2 aromatic carbocycles. The van der Waals surface area contributed by atoms with E-state index in [4.69, 9.17) is 9.47 Å². The molecule has 0 radical (unpaired) electrons. The third kappa shape index (κ3) is 6.08. The second-order valence-electron chi connectivity index (χ2n) is 5.86. The van der Waals surface area contributed by atoms with Crippen molar-refractivity contribution in [1.82, 2.24) is 10.6 Å². The van der Waals surface area contributed by atoms with E-state index in [2.05, 4.69) is 10.6 Å². The van der Waals surface area contributed by atoms with E-state index < -0.39 is 30.4 Å². The number of carbonyl (C=O) groups excluding carboxylic acids is 3. The second-order valence-corrected chi connectivity index (χ2v) is 5.86. The van der Waals surface area contributed by atoms with Gasteiger partial charge in [0.15, 0.2) is 6.10 Å². The zero-order valence-electron chi connectivity index (χ0n) is 15.5. The zero-order valence-corrected chi connectivity index (χ0v) is 15.5. The van der Waals surface area contributed by atoms with Gasteiger partial charge in [0.2, 0.25) is 0 Å². The first kappa shape index (κ1) is 20.9. The summed E-state index contributed by atoms with van der Waals surface area (Å²) < 4.78 is 22.9. The van der Waals surface area contributed by atoms with Crippen molar-refractivity contribution in [2.75, 3.05) is 13.7 Å². The molecule has 28 heavy (non-hydrogen) atoms. The van der Waals surface area contributed by atoms with Gasteiger partial charge in [0.05, 0.1) is 12.7 Å². The van der Waals surface area contributed by atoms with Crippen molar-refractivity contribution < 1.29 is 28.2 Å². The molecule has 0 aromatic heterocycles. The average molecular weight is 388 g/mol. The summed E-state index contributed by atoms with van der Waals surface area (Å²) in [7, 11) is 1.44. The Bertz CT molecular complexity index is 839. The van der Waals surface area contributed by atoms with Crippen molar-refractivity contribution >= 4 is 17.8 Å². The summed E-state index contributed by atoms with van der Waals surface area (Å²) in [6, 6.07) is 12.2. The zero-order chi connectivity index (χ0) is 20.5. The Kier molecular flexibility index (Phi) is 7.50. The van der Waals surface area contributed by atoms with E-state index in [1.165, 1.54) is 26.2 Å². The molecule has 8 heteroatoms. The fourth-order valence-corrected chi connectivity index (χ4v) is 2.31. The first-order chi connectivity index (χ1) is 13.4. The minimum atomic E-state index is -1.05. The van der Waals surface area contributed by atoms with Crippen molar-refractivity contribution in [2.24, 2.45) is 0 Å². The Morgan fingerprint density at radius 1 is 1.04 bits per heavy atom. The van der Waals surface area contributed by atoms with E-state index in [9.17, 15) is 18.8 Å². The van der Waals surface area contributed by atoms with Gasteiger partial charge in [0, 0.05) is 6.54 Å². The van der Waals surface area contributed by atoms with Crippen LogP contribution in [0.2, 0.25) is 0 Å². The van der Waals surface area contributed by atoms with Crippen LogP contribution in [0.25, 0.3) is 0 Å². The average Bonchev–Trinajstić information content (AvgIpc) is 2.71. The number of nitrogens with one attached hydrogen (secondary N) is 2. The Morgan fingerprint density at radius 3 is 2.39 bits per heavy atom. The molecule has 0 bridgehead atoms. The van der Waals surface area contributed by atoms with Crippen LogP contribution < -0.4 is 15.4 Å². The van der Waals surface area contributed by atoms with Crippen LogP contribution in [-0.2, 0) is 20.9 Å². The summed E-state index contributed by atoms with van der Waals surface area (Å²) in [6.07, 6.45) is -1.05. The lowest BCUT2D eigenvalue weighted by atomic mass is 10.2. The molecular formula is C20H21FN2O5. The normalized spacial score (nSPS) is 11.2. The predicted molar refractivity (Wildman–Crippen MR) is 99.1 cm³/mol. The number of para-hydroxylation sites is 1. The number of halogens is 1. The van der Waals surface area contributed by atoms with E-state index in [0.717, 1.165) is 0 Å². The van der Waals surface area contributed by atoms with E-state index in [0.29, 0.717) is 11.3 Å². The number of methoxy groups -OCH3 is 1. The summed E-state index contributed by atoms with van der Waals surface area (Å²) in [5, 5.41) is 5.01. The topological polar surface area (TPSA) is 93.7 Å². The smallest absolute Gasteiger partial charge is 0.326 e. The summed E-state index contributed by atoms with van der Waals surface area (Å²) in [4.78, 5) is 36.0. The highest BCUT2D eigenvalue weighted by Gasteiger charge is 2.19. The fourth-order valence-electron chi connectivity index (χ4n) is 2.31. The maximum absolute atomic E-state index is 12.9. The molecule has 1 atom stereocenters. The van der Waals surface area contributed by atoms with Gasteiger partial charge in [-0.15, -0.1) is 0 Å². The molecule has 0 saturated heterocycles. The highest BCUT2D eigenvalue weighted by molar-refractivity contribution is 5.98. The maximum atomic E-state index is 12.9. The van der Waals surface area contributed by atoms with Crippen LogP contribution in [0.15, 0.2) is 48.5 Å². The summed E-state index contributed by atoms with van der Waals surface area (Å²) >= 11 is 0. The van der Waals surface area contributed by atoms with Gasteiger partial charge in [-0.05, 0) is 36.8 Å². The first-order valence-electron chi connectivity index (χ1n) is 8.53. The monoisotopic (exact) mass is 388 g/mol. The van der Waals surface area contributed by atoms with Gasteiger partial charge < -0.3 is 20.1 Å². The fraction of sp³-hybridized carbons (Fsp3) is 0.250. The van der Waals surface area contributed by atoms with Gasteiger partial charge in [0.1, 0.15) is 18.1 Å². The minimum Gasteiger partial charge on any atom is -0.496 e. The van der Waals surface area contributed by atoms with Gasteiger partial charge in [0.25, 0.3) is 11.8 Å². The highest BCUT2D eigenvalue weighted by Crippen LogP contribution is 2.16. The van der Waals surface area contributed by atoms with Gasteiger partial charge in [-0.1, -0.05) is 24.3 Å². The molecule has 7 nitrogen and oxygen atoms in total. The molecule has 148 valence electrons. The maximum Gasteiger partial charge on any atom is 0.326 e. The van der Waals surface area contributed by atoms with Crippen LogP contribution in [0.1, 0.15) is 22.8 Å². The molecular weight excluding hydrogens is 367 g/mol. The molecule has 2 amide bonds. The number of rotatable bonds is 8. The molecule has 0 aliphatic rings. The van der Waals surface area contributed by atoms with Crippen molar-refractivity contribution in [2.45, 2.75) is 19.6 Å². The van der Waals surface area contributed by atoms with Crippen LogP contribution in [0.5, 0.6) is 5.75 Å². The molecule has 0 saturated carbocycles. The molecule has 0 aliphatic carbocycles. The van der Waals surface area contributed by atoms with Crippen molar-refractivity contribution in [3.63, 3.8) is 0 Å². The molecule has 0 fully saturated rings. The van der Waals surface area contributed by atoms with Crippen molar-refractivity contribution in [3.8, 4) is 5.75 Å². The second kappa shape index (κ2) is 10.1. The van der Waals surface area contributed by atoms with Crippen LogP contribution in [0, 0.1) is 5.82 Å². The largest absolute Gasteiger partial charge is 0.496 e. The Hall–Kier alpha value is -3.42. The number of amides is 2. The summed E-state index contributed by atoms with van der Waals surface area (Å²) in [5.74, 6) is -1.75. The molecule has 0 heterocycles. The summed E-state index contributed by atoms with van der Waals surface area (Å²) in [5.41, 5.74) is 0.986. The Morgan fingerprint density at radius 2 is 1.71 bits per heavy atom. The summed E-state index contributed by atoms with van der Waals surface area (Å²) in [6.45, 7) is 1.19. The van der Waals surface area contributed by atoms with Crippen LogP contribution >= 0.6 is 0 Å². The number of esters is 1. The van der Waals surface area contributed by atoms with Gasteiger partial charge in [-0.2, -0.15) is 0 Å². The number of hydrogen-bond acceptors (Lipinski definition) is 5. The first-order valence-corrected chi connectivity index (χ1v) is 8.53. The van der Waals surface area contributed by atoms with Crippen molar-refractivity contribution in [1.29, 1.82) is 0 Å². The van der Waals surface area contributed by atoms with Crippen LogP contribution in [-0.4, -0.2) is 37.5 Å². The minimum absolute atomic E-state index is 0.172. The molecule has 0 spiro atoms. The number of benzene rings is 2. The number of ether oxygens (including phenoxy) is 2. The molecule has 2 rings (SSSR count). The molecule has 2 aromatic rings. The van der Waals surface area contributed by atoms with Crippen LogP contribution in [0.3, 0.4) is 0 Å². The van der Waals surface area contributed by atoms with Crippen LogP contribution in [0.4, 0.5) is 4.39 Å². The lowest BCUT2D eigenvalue weighted by molar-refractivity contribution is -0.153. The third-order valence-electron chi connectivity index (χ3n) is 3.80. The lowest BCUT2D eigenvalue weighted by Gasteiger charge is -2.14. The third-order valence-corrected chi connectivity index (χ3v) is 3.80. The van der Waals surface area contributed by atoms with Gasteiger partial charge >= 0.3 is 5.97 Å². The van der Waals surface area contributed by atoms with Crippen molar-refractivity contribution in [3.05, 3.63) is 65.5 Å². The van der Waals surface area contributed by atoms with Gasteiger partial charge in [-0.3, -0.25) is 14.4 Å². The van der Waals surface area contributed by atoms with E-state index in [-0.39, 0.29) is 17.9 Å². The van der Waals surface area contributed by atoms with Gasteiger partial charge in [-0.25, -0.2) is 4.39 Å². The Balaban J connectivity index is 1.77. The quantitative estimate of drug-likeness (QED) is 0.673. The van der Waals surface area contributed by atoms with E-state index >= 15 is 0 Å². The molecule has 0 unspecified atom stereocenters. The SMILES string of the molecule is COc1ccccc1C(=O)NCC(=O)O[C@@H](C)C(=O)NCc1ccc(F)cc1. The standard InChI is InChI=1S/C20H21FN2O5/c1-13(19(25)22-11-14-7-9-15(21)10-8-14)28-18(24)12-23-20(26)16-5-3-4-6-17(16)27-2/h3-10,13H,11-12H2,1-2H3,(H,22,25)(H,23,26)/t13-/m0/s1. The predicted octanol–water partition coefficient (Wildman–Crippen LogP) is 1.81. The lowest BCUT2D eigenvalue weighted by Crippen LogP contribution is -2.38.